The predicted octanol–water partition coefficient (Wildman–Crippen LogP) is 1.03. The zero-order valence-electron chi connectivity index (χ0n) is 11.0. The van der Waals surface area contributed by atoms with Gasteiger partial charge in [0.15, 0.2) is 0 Å². The lowest BCUT2D eigenvalue weighted by Gasteiger charge is -2.45. The summed E-state index contributed by atoms with van der Waals surface area (Å²) in [5.74, 6) is 0.518. The summed E-state index contributed by atoms with van der Waals surface area (Å²) in [6.45, 7) is 5.92. The summed E-state index contributed by atoms with van der Waals surface area (Å²) in [7, 11) is 0. The molecule has 2 unspecified atom stereocenters. The van der Waals surface area contributed by atoms with Gasteiger partial charge < -0.3 is 20.5 Å². The van der Waals surface area contributed by atoms with Gasteiger partial charge in [0.25, 0.3) is 0 Å². The van der Waals surface area contributed by atoms with E-state index in [2.05, 4.69) is 9.88 Å². The van der Waals surface area contributed by atoms with Crippen molar-refractivity contribution >= 4 is 11.5 Å². The van der Waals surface area contributed by atoms with Crippen LogP contribution in [0.4, 0.5) is 11.5 Å². The minimum Gasteiger partial charge on any atom is -0.390 e. The summed E-state index contributed by atoms with van der Waals surface area (Å²) >= 11 is 0. The Labute approximate surface area is 108 Å². The first-order valence-corrected chi connectivity index (χ1v) is 6.36. The molecule has 5 heteroatoms. The molecule has 0 spiro atoms. The van der Waals surface area contributed by atoms with Crippen LogP contribution in [-0.2, 0) is 4.74 Å². The molecule has 0 aromatic carbocycles. The van der Waals surface area contributed by atoms with Gasteiger partial charge in [-0.15, -0.1) is 0 Å². The molecule has 3 N–H and O–H groups in total. The van der Waals surface area contributed by atoms with E-state index in [9.17, 15) is 5.11 Å². The number of nitrogen functional groups attached to an aromatic ring is 1. The number of aromatic nitrogens is 1. The van der Waals surface area contributed by atoms with Gasteiger partial charge in [0.05, 0.1) is 24.6 Å². The Hall–Kier alpha value is -1.33. The molecular weight excluding hydrogens is 230 g/mol. The average Bonchev–Trinajstić information content (AvgIpc) is 2.39. The fraction of sp³-hybridized carbons (Fsp3) is 0.615. The predicted molar refractivity (Wildman–Crippen MR) is 71.5 cm³/mol. The first-order chi connectivity index (χ1) is 8.57. The van der Waals surface area contributed by atoms with Gasteiger partial charge in [-0.1, -0.05) is 6.92 Å². The van der Waals surface area contributed by atoms with E-state index in [1.54, 1.807) is 19.2 Å². The van der Waals surface area contributed by atoms with E-state index >= 15 is 0 Å². The number of nitrogens with zero attached hydrogens (tertiary/aromatic N) is 2. The van der Waals surface area contributed by atoms with Crippen molar-refractivity contribution in [1.29, 1.82) is 0 Å². The molecule has 0 radical (unpaired) electrons. The molecule has 5 nitrogen and oxygen atoms in total. The highest BCUT2D eigenvalue weighted by atomic mass is 16.5. The summed E-state index contributed by atoms with van der Waals surface area (Å²) in [5.41, 5.74) is 6.12. The number of pyridine rings is 1. The van der Waals surface area contributed by atoms with Crippen LogP contribution in [0.2, 0.25) is 0 Å². The van der Waals surface area contributed by atoms with Crippen molar-refractivity contribution < 1.29 is 9.84 Å². The lowest BCUT2D eigenvalue weighted by atomic mass is 9.92. The lowest BCUT2D eigenvalue weighted by molar-refractivity contribution is -0.125. The number of aliphatic hydroxyl groups excluding tert-OH is 1. The number of ether oxygens (including phenoxy) is 1. The number of anilines is 2. The van der Waals surface area contributed by atoms with Crippen molar-refractivity contribution in [3.63, 3.8) is 0 Å². The van der Waals surface area contributed by atoms with Gasteiger partial charge in [0.2, 0.25) is 0 Å². The van der Waals surface area contributed by atoms with Gasteiger partial charge in [-0.25, -0.2) is 4.98 Å². The maximum atomic E-state index is 9.95. The first kappa shape index (κ1) is 13.1. The van der Waals surface area contributed by atoms with Crippen LogP contribution in [0.15, 0.2) is 18.3 Å². The normalized spacial score (nSPS) is 26.1. The van der Waals surface area contributed by atoms with E-state index in [4.69, 9.17) is 10.5 Å². The van der Waals surface area contributed by atoms with Gasteiger partial charge in [-0.05, 0) is 25.5 Å². The highest BCUT2D eigenvalue weighted by molar-refractivity contribution is 5.48. The molecule has 1 aromatic heterocycles. The number of morpholine rings is 1. The van der Waals surface area contributed by atoms with Crippen molar-refractivity contribution in [3.05, 3.63) is 18.3 Å². The SMILES string of the molecule is CCC1(C(C)O)CN(c2ccc(N)nc2)CCO1. The molecule has 1 fully saturated rings. The fourth-order valence-corrected chi connectivity index (χ4v) is 2.37. The molecule has 0 amide bonds. The van der Waals surface area contributed by atoms with Crippen LogP contribution < -0.4 is 10.6 Å². The smallest absolute Gasteiger partial charge is 0.123 e. The summed E-state index contributed by atoms with van der Waals surface area (Å²) in [6.07, 6.45) is 2.05. The van der Waals surface area contributed by atoms with E-state index in [0.29, 0.717) is 19.0 Å². The van der Waals surface area contributed by atoms with Crippen molar-refractivity contribution in [3.8, 4) is 0 Å². The lowest BCUT2D eigenvalue weighted by Crippen LogP contribution is -2.57. The van der Waals surface area contributed by atoms with Crippen LogP contribution in [0.25, 0.3) is 0 Å². The highest BCUT2D eigenvalue weighted by Crippen LogP contribution is 2.28. The Bertz CT molecular complexity index is 394. The van der Waals surface area contributed by atoms with Crippen LogP contribution in [0.3, 0.4) is 0 Å². The quantitative estimate of drug-likeness (QED) is 0.839. The monoisotopic (exact) mass is 251 g/mol. The van der Waals surface area contributed by atoms with Crippen LogP contribution in [0, 0.1) is 0 Å². The molecule has 2 atom stereocenters. The third kappa shape index (κ3) is 2.42. The summed E-state index contributed by atoms with van der Waals surface area (Å²) in [4.78, 5) is 6.29. The van der Waals surface area contributed by atoms with Crippen LogP contribution >= 0.6 is 0 Å². The zero-order valence-corrected chi connectivity index (χ0v) is 11.0. The molecule has 1 aromatic rings. The Morgan fingerprint density at radius 3 is 2.94 bits per heavy atom. The molecule has 2 heterocycles. The van der Waals surface area contributed by atoms with E-state index in [1.807, 2.05) is 13.0 Å². The minimum atomic E-state index is -0.493. The Morgan fingerprint density at radius 2 is 2.39 bits per heavy atom. The summed E-state index contributed by atoms with van der Waals surface area (Å²) in [5, 5.41) is 9.95. The average molecular weight is 251 g/mol. The van der Waals surface area contributed by atoms with Crippen LogP contribution in [0.1, 0.15) is 20.3 Å². The van der Waals surface area contributed by atoms with E-state index in [0.717, 1.165) is 18.7 Å². The van der Waals surface area contributed by atoms with E-state index in [1.165, 1.54) is 0 Å². The summed E-state index contributed by atoms with van der Waals surface area (Å²) < 4.78 is 5.81. The molecule has 0 saturated carbocycles. The van der Waals surface area contributed by atoms with Crippen molar-refractivity contribution in [1.82, 2.24) is 4.98 Å². The van der Waals surface area contributed by atoms with Gasteiger partial charge in [0, 0.05) is 13.1 Å². The number of hydrogen-bond acceptors (Lipinski definition) is 5. The van der Waals surface area contributed by atoms with Gasteiger partial charge >= 0.3 is 0 Å². The molecule has 0 bridgehead atoms. The second-order valence-electron chi connectivity index (χ2n) is 4.81. The van der Waals surface area contributed by atoms with Crippen molar-refractivity contribution in [2.24, 2.45) is 0 Å². The number of aliphatic hydroxyl groups is 1. The molecule has 1 aliphatic rings. The zero-order chi connectivity index (χ0) is 13.2. The number of nitrogens with two attached hydrogens (primary N) is 1. The van der Waals surface area contributed by atoms with E-state index in [-0.39, 0.29) is 0 Å². The van der Waals surface area contributed by atoms with Gasteiger partial charge in [-0.3, -0.25) is 0 Å². The second-order valence-corrected chi connectivity index (χ2v) is 4.81. The maximum Gasteiger partial charge on any atom is 0.123 e. The first-order valence-electron chi connectivity index (χ1n) is 6.36. The van der Waals surface area contributed by atoms with Crippen LogP contribution in [-0.4, -0.2) is 41.5 Å². The van der Waals surface area contributed by atoms with Crippen LogP contribution in [0.5, 0.6) is 0 Å². The topological polar surface area (TPSA) is 71.6 Å². The summed E-state index contributed by atoms with van der Waals surface area (Å²) in [6, 6.07) is 3.75. The molecule has 2 rings (SSSR count). The second kappa shape index (κ2) is 5.12. The maximum absolute atomic E-state index is 9.95. The molecule has 18 heavy (non-hydrogen) atoms. The molecule has 1 saturated heterocycles. The van der Waals surface area contributed by atoms with Crippen molar-refractivity contribution in [2.45, 2.75) is 32.0 Å². The molecule has 0 aliphatic carbocycles. The number of hydrogen-bond donors (Lipinski definition) is 2. The largest absolute Gasteiger partial charge is 0.390 e. The molecule has 100 valence electrons. The minimum absolute atomic E-state index is 0.486. The highest BCUT2D eigenvalue weighted by Gasteiger charge is 2.39. The standard InChI is InChI=1S/C13H21N3O2/c1-3-13(10(2)17)9-16(6-7-18-13)11-4-5-12(14)15-8-11/h4-5,8,10,17H,3,6-7,9H2,1-2H3,(H2,14,15). The number of rotatable bonds is 3. The molecular formula is C13H21N3O2. The third-order valence-corrected chi connectivity index (χ3v) is 3.70. The van der Waals surface area contributed by atoms with Crippen molar-refractivity contribution in [2.75, 3.05) is 30.3 Å². The van der Waals surface area contributed by atoms with Gasteiger partial charge in [-0.2, -0.15) is 0 Å². The Morgan fingerprint density at radius 1 is 1.61 bits per heavy atom. The third-order valence-electron chi connectivity index (χ3n) is 3.70. The fourth-order valence-electron chi connectivity index (χ4n) is 2.37. The van der Waals surface area contributed by atoms with E-state index < -0.39 is 11.7 Å². The Kier molecular flexibility index (Phi) is 3.73. The Balaban J connectivity index is 2.18. The molecule has 1 aliphatic heterocycles. The van der Waals surface area contributed by atoms with Gasteiger partial charge in [0.1, 0.15) is 11.4 Å².